The number of nitrogens with zero attached hydrogens (tertiary/aromatic N) is 3. The van der Waals surface area contributed by atoms with Crippen molar-refractivity contribution in [2.75, 3.05) is 7.11 Å². The van der Waals surface area contributed by atoms with Gasteiger partial charge in [-0.1, -0.05) is 66.7 Å². The SMILES string of the molecule is COc1cccc(-n2nc(C(=O)N[C@H](C)c3ccccc3)c(=O)n(Cc3ccccc3)c2=O)c1. The van der Waals surface area contributed by atoms with Gasteiger partial charge < -0.3 is 10.1 Å². The summed E-state index contributed by atoms with van der Waals surface area (Å²) in [4.78, 5) is 39.7. The van der Waals surface area contributed by atoms with Crippen LogP contribution in [0.3, 0.4) is 0 Å². The monoisotopic (exact) mass is 456 g/mol. The molecule has 0 aliphatic heterocycles. The van der Waals surface area contributed by atoms with E-state index in [0.29, 0.717) is 11.4 Å². The van der Waals surface area contributed by atoms with Crippen LogP contribution in [0, 0.1) is 0 Å². The lowest BCUT2D eigenvalue weighted by atomic mass is 10.1. The van der Waals surface area contributed by atoms with E-state index in [1.54, 1.807) is 36.4 Å². The summed E-state index contributed by atoms with van der Waals surface area (Å²) < 4.78 is 7.32. The predicted octanol–water partition coefficient (Wildman–Crippen LogP) is 2.94. The molecule has 0 saturated heterocycles. The Morgan fingerprint density at radius 2 is 1.65 bits per heavy atom. The van der Waals surface area contributed by atoms with E-state index >= 15 is 0 Å². The minimum atomic E-state index is -0.759. The zero-order valence-electron chi connectivity index (χ0n) is 18.8. The van der Waals surface area contributed by atoms with Crippen LogP contribution < -0.4 is 21.3 Å². The second kappa shape index (κ2) is 9.99. The smallest absolute Gasteiger partial charge is 0.352 e. The van der Waals surface area contributed by atoms with Gasteiger partial charge in [0.05, 0.1) is 25.4 Å². The Morgan fingerprint density at radius 1 is 0.971 bits per heavy atom. The quantitative estimate of drug-likeness (QED) is 0.461. The molecule has 0 spiro atoms. The van der Waals surface area contributed by atoms with Crippen LogP contribution in [0.1, 0.15) is 34.6 Å². The molecule has 4 rings (SSSR count). The molecule has 0 fully saturated rings. The van der Waals surface area contributed by atoms with E-state index < -0.39 is 17.2 Å². The molecule has 172 valence electrons. The summed E-state index contributed by atoms with van der Waals surface area (Å²) in [5.74, 6) is -0.157. The Kier molecular flexibility index (Phi) is 6.68. The second-order valence-electron chi connectivity index (χ2n) is 7.73. The molecule has 1 atom stereocenters. The molecule has 4 aromatic rings. The number of methoxy groups -OCH3 is 1. The molecule has 34 heavy (non-hydrogen) atoms. The van der Waals surface area contributed by atoms with E-state index in [1.165, 1.54) is 7.11 Å². The van der Waals surface area contributed by atoms with E-state index in [0.717, 1.165) is 20.4 Å². The number of amides is 1. The number of carbonyl (C=O) groups excluding carboxylic acids is 1. The van der Waals surface area contributed by atoms with Crippen LogP contribution in [-0.4, -0.2) is 27.4 Å². The Hall–Kier alpha value is -4.46. The summed E-state index contributed by atoms with van der Waals surface area (Å²) in [6.45, 7) is 1.81. The Balaban J connectivity index is 1.81. The lowest BCUT2D eigenvalue weighted by molar-refractivity contribution is 0.0930. The first-order chi connectivity index (χ1) is 16.5. The highest BCUT2D eigenvalue weighted by Crippen LogP contribution is 2.15. The van der Waals surface area contributed by atoms with E-state index in [1.807, 2.05) is 55.5 Å². The number of nitrogens with one attached hydrogen (secondary N) is 1. The van der Waals surface area contributed by atoms with Gasteiger partial charge in [0.1, 0.15) is 5.75 Å². The molecule has 0 aliphatic rings. The summed E-state index contributed by atoms with van der Waals surface area (Å²) in [6, 6.07) is 24.8. The fourth-order valence-corrected chi connectivity index (χ4v) is 3.56. The molecule has 0 aliphatic carbocycles. The van der Waals surface area contributed by atoms with Crippen LogP contribution in [-0.2, 0) is 6.54 Å². The van der Waals surface area contributed by atoms with E-state index in [4.69, 9.17) is 4.74 Å². The molecule has 1 N–H and O–H groups in total. The van der Waals surface area contributed by atoms with Crippen molar-refractivity contribution in [3.05, 3.63) is 123 Å². The van der Waals surface area contributed by atoms with Crippen LogP contribution >= 0.6 is 0 Å². The van der Waals surface area contributed by atoms with Crippen LogP contribution in [0.2, 0.25) is 0 Å². The molecule has 8 nitrogen and oxygen atoms in total. The molecule has 8 heteroatoms. The average molecular weight is 457 g/mol. The van der Waals surface area contributed by atoms with Crippen LogP contribution in [0.4, 0.5) is 0 Å². The minimum Gasteiger partial charge on any atom is -0.497 e. The highest BCUT2D eigenvalue weighted by molar-refractivity contribution is 5.92. The van der Waals surface area contributed by atoms with Crippen molar-refractivity contribution in [1.82, 2.24) is 19.7 Å². The average Bonchev–Trinajstić information content (AvgIpc) is 2.87. The van der Waals surface area contributed by atoms with Crippen LogP contribution in [0.25, 0.3) is 5.69 Å². The fraction of sp³-hybridized carbons (Fsp3) is 0.154. The lowest BCUT2D eigenvalue weighted by Gasteiger charge is -2.16. The molecule has 0 saturated carbocycles. The Bertz CT molecular complexity index is 1410. The van der Waals surface area contributed by atoms with Gasteiger partial charge in [-0.3, -0.25) is 14.2 Å². The fourth-order valence-electron chi connectivity index (χ4n) is 3.56. The van der Waals surface area contributed by atoms with Crippen molar-refractivity contribution < 1.29 is 9.53 Å². The largest absolute Gasteiger partial charge is 0.497 e. The van der Waals surface area contributed by atoms with Crippen molar-refractivity contribution in [2.45, 2.75) is 19.5 Å². The van der Waals surface area contributed by atoms with Crippen molar-refractivity contribution in [3.63, 3.8) is 0 Å². The predicted molar refractivity (Wildman–Crippen MR) is 129 cm³/mol. The lowest BCUT2D eigenvalue weighted by Crippen LogP contribution is -2.46. The Labute approximate surface area is 196 Å². The normalized spacial score (nSPS) is 11.6. The molecular formula is C26H24N4O4. The maximum absolute atomic E-state index is 13.3. The third-order valence-electron chi connectivity index (χ3n) is 5.40. The van der Waals surface area contributed by atoms with Crippen molar-refractivity contribution in [3.8, 4) is 11.4 Å². The number of ether oxygens (including phenoxy) is 1. The maximum atomic E-state index is 13.3. The topological polar surface area (TPSA) is 95.2 Å². The van der Waals surface area contributed by atoms with Gasteiger partial charge in [0.2, 0.25) is 5.69 Å². The number of rotatable bonds is 7. The number of aromatic nitrogens is 3. The third-order valence-corrected chi connectivity index (χ3v) is 5.40. The molecule has 1 aromatic heterocycles. The van der Waals surface area contributed by atoms with Gasteiger partial charge in [-0.15, -0.1) is 0 Å². The number of benzene rings is 3. The van der Waals surface area contributed by atoms with E-state index in [9.17, 15) is 14.4 Å². The van der Waals surface area contributed by atoms with E-state index in [-0.39, 0.29) is 18.3 Å². The molecule has 3 aromatic carbocycles. The van der Waals surface area contributed by atoms with Crippen LogP contribution in [0.5, 0.6) is 5.75 Å². The highest BCUT2D eigenvalue weighted by atomic mass is 16.5. The molecular weight excluding hydrogens is 432 g/mol. The molecule has 0 radical (unpaired) electrons. The minimum absolute atomic E-state index is 0.000482. The first-order valence-corrected chi connectivity index (χ1v) is 10.8. The number of hydrogen-bond donors (Lipinski definition) is 1. The molecule has 0 bridgehead atoms. The van der Waals surface area contributed by atoms with Crippen molar-refractivity contribution in [1.29, 1.82) is 0 Å². The van der Waals surface area contributed by atoms with Gasteiger partial charge in [0, 0.05) is 6.07 Å². The summed E-state index contributed by atoms with van der Waals surface area (Å²) in [5.41, 5.74) is 0.202. The zero-order chi connectivity index (χ0) is 24.1. The summed E-state index contributed by atoms with van der Waals surface area (Å²) in [7, 11) is 1.51. The number of hydrogen-bond acceptors (Lipinski definition) is 5. The Morgan fingerprint density at radius 3 is 2.32 bits per heavy atom. The van der Waals surface area contributed by atoms with Gasteiger partial charge in [-0.05, 0) is 30.2 Å². The standard InChI is InChI=1S/C26H24N4O4/c1-18(20-12-7-4-8-13-20)27-24(31)23-25(32)29(17-19-10-5-3-6-11-19)26(33)30(28-23)21-14-9-15-22(16-21)34-2/h3-16,18H,17H2,1-2H3,(H,27,31)/t18-/m1/s1. The van der Waals surface area contributed by atoms with Crippen molar-refractivity contribution in [2.24, 2.45) is 0 Å². The third kappa shape index (κ3) is 4.80. The molecule has 1 heterocycles. The molecule has 1 amide bonds. The van der Waals surface area contributed by atoms with Gasteiger partial charge in [-0.2, -0.15) is 9.78 Å². The maximum Gasteiger partial charge on any atom is 0.352 e. The van der Waals surface area contributed by atoms with Crippen molar-refractivity contribution >= 4 is 5.91 Å². The molecule has 0 unspecified atom stereocenters. The summed E-state index contributed by atoms with van der Waals surface area (Å²) in [6.07, 6.45) is 0. The second-order valence-corrected chi connectivity index (χ2v) is 7.73. The summed E-state index contributed by atoms with van der Waals surface area (Å²) in [5, 5.41) is 6.98. The summed E-state index contributed by atoms with van der Waals surface area (Å²) >= 11 is 0. The first-order valence-electron chi connectivity index (χ1n) is 10.8. The van der Waals surface area contributed by atoms with Gasteiger partial charge in [-0.25, -0.2) is 4.79 Å². The zero-order valence-corrected chi connectivity index (χ0v) is 18.8. The first kappa shape index (κ1) is 22.7. The van der Waals surface area contributed by atoms with Gasteiger partial charge in [0.25, 0.3) is 11.5 Å². The van der Waals surface area contributed by atoms with Crippen LogP contribution in [0.15, 0.2) is 94.5 Å². The van der Waals surface area contributed by atoms with Gasteiger partial charge >= 0.3 is 5.69 Å². The van der Waals surface area contributed by atoms with Gasteiger partial charge in [0.15, 0.2) is 0 Å². The highest BCUT2D eigenvalue weighted by Gasteiger charge is 2.22. The van der Waals surface area contributed by atoms with E-state index in [2.05, 4.69) is 10.4 Å². The number of carbonyl (C=O) groups is 1.